The summed E-state index contributed by atoms with van der Waals surface area (Å²) in [6.07, 6.45) is 4.64. The summed E-state index contributed by atoms with van der Waals surface area (Å²) < 4.78 is 7.44. The molecule has 0 N–H and O–H groups in total. The zero-order valence-corrected chi connectivity index (χ0v) is 13.0. The zero-order valence-electron chi connectivity index (χ0n) is 13.0. The van der Waals surface area contributed by atoms with Crippen LogP contribution < -0.4 is 0 Å². The summed E-state index contributed by atoms with van der Waals surface area (Å²) in [5.41, 5.74) is 0.907. The molecule has 7 nitrogen and oxygen atoms in total. The number of benzene rings is 1. The lowest BCUT2D eigenvalue weighted by molar-refractivity contribution is -0.131. The van der Waals surface area contributed by atoms with Crippen molar-refractivity contribution in [2.75, 3.05) is 13.1 Å². The van der Waals surface area contributed by atoms with E-state index in [9.17, 15) is 4.79 Å². The van der Waals surface area contributed by atoms with Gasteiger partial charge in [0.1, 0.15) is 6.54 Å². The molecule has 7 heteroatoms. The summed E-state index contributed by atoms with van der Waals surface area (Å²) in [7, 11) is 0. The molecule has 1 amide bonds. The third-order valence-electron chi connectivity index (χ3n) is 5.26. The molecule has 24 heavy (non-hydrogen) atoms. The molecule has 4 atom stereocenters. The second kappa shape index (κ2) is 5.24. The second-order valence-corrected chi connectivity index (χ2v) is 6.60. The van der Waals surface area contributed by atoms with Gasteiger partial charge in [-0.25, -0.2) is 4.68 Å². The Kier molecular flexibility index (Phi) is 3.02. The van der Waals surface area contributed by atoms with Gasteiger partial charge in [0.05, 0.1) is 12.2 Å². The summed E-state index contributed by atoms with van der Waals surface area (Å²) in [6, 6.07) is 9.68. The highest BCUT2D eigenvalue weighted by Crippen LogP contribution is 2.43. The fourth-order valence-electron chi connectivity index (χ4n) is 4.06. The number of likely N-dealkylation sites (tertiary alicyclic amines) is 1. The van der Waals surface area contributed by atoms with Crippen molar-refractivity contribution in [1.29, 1.82) is 0 Å². The van der Waals surface area contributed by atoms with Gasteiger partial charge >= 0.3 is 0 Å². The molecule has 4 unspecified atom stereocenters. The first-order valence-electron chi connectivity index (χ1n) is 8.23. The number of carbonyl (C=O) groups excluding carboxylic acids is 1. The summed E-state index contributed by atoms with van der Waals surface area (Å²) >= 11 is 0. The molecule has 1 aromatic heterocycles. The van der Waals surface area contributed by atoms with Crippen molar-refractivity contribution in [3.8, 4) is 11.4 Å². The third kappa shape index (κ3) is 2.08. The number of ether oxygens (including phenoxy) is 1. The van der Waals surface area contributed by atoms with Gasteiger partial charge in [-0.05, 0) is 10.4 Å². The van der Waals surface area contributed by atoms with E-state index in [1.54, 1.807) is 4.68 Å². The Balaban J connectivity index is 1.31. The zero-order chi connectivity index (χ0) is 16.1. The summed E-state index contributed by atoms with van der Waals surface area (Å²) in [4.78, 5) is 14.6. The van der Waals surface area contributed by atoms with Crippen molar-refractivity contribution in [3.63, 3.8) is 0 Å². The topological polar surface area (TPSA) is 73.1 Å². The summed E-state index contributed by atoms with van der Waals surface area (Å²) in [5.74, 6) is 1.56. The van der Waals surface area contributed by atoms with Crippen LogP contribution in [0.5, 0.6) is 0 Å². The van der Waals surface area contributed by atoms with Crippen LogP contribution in [0.25, 0.3) is 11.4 Å². The molecule has 2 bridgehead atoms. The minimum absolute atomic E-state index is 0.0632. The number of hydrogen-bond acceptors (Lipinski definition) is 5. The Bertz CT molecular complexity index is 782. The molecule has 122 valence electrons. The maximum Gasteiger partial charge on any atom is 0.244 e. The van der Waals surface area contributed by atoms with Crippen LogP contribution in [0.15, 0.2) is 42.5 Å². The number of aromatic nitrogens is 4. The smallest absolute Gasteiger partial charge is 0.244 e. The molecule has 0 saturated carbocycles. The van der Waals surface area contributed by atoms with Crippen LogP contribution in [0, 0.1) is 11.8 Å². The lowest BCUT2D eigenvalue weighted by Gasteiger charge is -2.19. The van der Waals surface area contributed by atoms with Crippen LogP contribution in [0.3, 0.4) is 0 Å². The van der Waals surface area contributed by atoms with E-state index < -0.39 is 0 Å². The van der Waals surface area contributed by atoms with Gasteiger partial charge in [-0.1, -0.05) is 42.5 Å². The molecule has 5 rings (SSSR count). The maximum absolute atomic E-state index is 12.7. The SMILES string of the molecule is O=C(Cn1nnnc1-c1ccccc1)N1CC2C3C=CC(O3)C2C1. The summed E-state index contributed by atoms with van der Waals surface area (Å²) in [5, 5.41) is 11.8. The molecule has 2 saturated heterocycles. The Morgan fingerprint density at radius 1 is 1.12 bits per heavy atom. The van der Waals surface area contributed by atoms with Crippen LogP contribution in [0.2, 0.25) is 0 Å². The van der Waals surface area contributed by atoms with Gasteiger partial charge in [0, 0.05) is 30.5 Å². The van der Waals surface area contributed by atoms with Crippen molar-refractivity contribution in [2.24, 2.45) is 11.8 Å². The number of rotatable bonds is 3. The molecule has 0 spiro atoms. The first-order valence-corrected chi connectivity index (χ1v) is 8.23. The van der Waals surface area contributed by atoms with Crippen LogP contribution in [0.1, 0.15) is 0 Å². The van der Waals surface area contributed by atoms with E-state index in [-0.39, 0.29) is 24.7 Å². The Morgan fingerprint density at radius 3 is 2.54 bits per heavy atom. The largest absolute Gasteiger partial charge is 0.366 e. The average Bonchev–Trinajstić information content (AvgIpc) is 3.36. The molecule has 2 fully saturated rings. The molecular formula is C17H17N5O2. The highest BCUT2D eigenvalue weighted by molar-refractivity contribution is 5.77. The molecule has 3 aliphatic heterocycles. The lowest BCUT2D eigenvalue weighted by Crippen LogP contribution is -2.34. The minimum Gasteiger partial charge on any atom is -0.366 e. The van der Waals surface area contributed by atoms with Crippen molar-refractivity contribution in [2.45, 2.75) is 18.8 Å². The van der Waals surface area contributed by atoms with Crippen molar-refractivity contribution < 1.29 is 9.53 Å². The number of carbonyl (C=O) groups is 1. The van der Waals surface area contributed by atoms with E-state index in [2.05, 4.69) is 27.7 Å². The standard InChI is InChI=1S/C17H17N5O2/c23-16(21-8-12-13(9-21)15-7-6-14(12)24-15)10-22-17(18-19-20-22)11-4-2-1-3-5-11/h1-7,12-15H,8-10H2. The number of tetrazole rings is 1. The van der Waals surface area contributed by atoms with E-state index in [4.69, 9.17) is 4.74 Å². The number of nitrogens with zero attached hydrogens (tertiary/aromatic N) is 5. The quantitative estimate of drug-likeness (QED) is 0.780. The first kappa shape index (κ1) is 13.9. The maximum atomic E-state index is 12.7. The predicted octanol–water partition coefficient (Wildman–Crippen LogP) is 0.752. The monoisotopic (exact) mass is 323 g/mol. The van der Waals surface area contributed by atoms with E-state index in [1.165, 1.54) is 0 Å². The first-order chi connectivity index (χ1) is 11.8. The van der Waals surface area contributed by atoms with E-state index in [0.29, 0.717) is 17.7 Å². The van der Waals surface area contributed by atoms with Crippen molar-refractivity contribution in [1.82, 2.24) is 25.1 Å². The van der Waals surface area contributed by atoms with Crippen LogP contribution in [-0.2, 0) is 16.1 Å². The van der Waals surface area contributed by atoms with E-state index in [0.717, 1.165) is 18.7 Å². The van der Waals surface area contributed by atoms with Gasteiger partial charge in [-0.2, -0.15) is 0 Å². The number of fused-ring (bicyclic) bond motifs is 5. The van der Waals surface area contributed by atoms with Gasteiger partial charge < -0.3 is 9.64 Å². The predicted molar refractivity (Wildman–Crippen MR) is 84.6 cm³/mol. The van der Waals surface area contributed by atoms with E-state index in [1.807, 2.05) is 35.2 Å². The Labute approximate surface area is 138 Å². The highest BCUT2D eigenvalue weighted by Gasteiger charge is 2.51. The van der Waals surface area contributed by atoms with Crippen molar-refractivity contribution >= 4 is 5.91 Å². The molecule has 0 radical (unpaired) electrons. The fraction of sp³-hybridized carbons (Fsp3) is 0.412. The lowest BCUT2D eigenvalue weighted by atomic mass is 9.86. The normalized spacial score (nSPS) is 30.1. The van der Waals surface area contributed by atoms with Gasteiger partial charge in [0.15, 0.2) is 5.82 Å². The van der Waals surface area contributed by atoms with Gasteiger partial charge in [0.2, 0.25) is 5.91 Å². The van der Waals surface area contributed by atoms with Crippen LogP contribution >= 0.6 is 0 Å². The Hall–Kier alpha value is -2.54. The summed E-state index contributed by atoms with van der Waals surface area (Å²) in [6.45, 7) is 1.69. The number of amides is 1. The molecular weight excluding hydrogens is 306 g/mol. The van der Waals surface area contributed by atoms with Gasteiger partial charge in [-0.3, -0.25) is 4.79 Å². The second-order valence-electron chi connectivity index (χ2n) is 6.60. The minimum atomic E-state index is 0.0632. The highest BCUT2D eigenvalue weighted by atomic mass is 16.5. The molecule has 1 aromatic carbocycles. The fourth-order valence-corrected chi connectivity index (χ4v) is 4.06. The molecule has 0 aliphatic carbocycles. The molecule has 4 heterocycles. The molecule has 2 aromatic rings. The van der Waals surface area contributed by atoms with Crippen molar-refractivity contribution in [3.05, 3.63) is 42.5 Å². The average molecular weight is 323 g/mol. The van der Waals surface area contributed by atoms with Crippen LogP contribution in [0.4, 0.5) is 0 Å². The molecule has 3 aliphatic rings. The van der Waals surface area contributed by atoms with Gasteiger partial charge in [-0.15, -0.1) is 5.10 Å². The third-order valence-corrected chi connectivity index (χ3v) is 5.26. The van der Waals surface area contributed by atoms with Gasteiger partial charge in [0.25, 0.3) is 0 Å². The number of hydrogen-bond donors (Lipinski definition) is 0. The Morgan fingerprint density at radius 2 is 1.83 bits per heavy atom. The van der Waals surface area contributed by atoms with E-state index >= 15 is 0 Å². The van der Waals surface area contributed by atoms with Crippen LogP contribution in [-0.4, -0.2) is 56.3 Å².